The van der Waals surface area contributed by atoms with Crippen LogP contribution in [0.4, 0.5) is 10.8 Å². The maximum absolute atomic E-state index is 11.4. The lowest BCUT2D eigenvalue weighted by atomic mass is 10.2. The molecule has 0 amide bonds. The van der Waals surface area contributed by atoms with Crippen LogP contribution in [-0.4, -0.2) is 28.7 Å². The van der Waals surface area contributed by atoms with Crippen molar-refractivity contribution in [2.24, 2.45) is 5.10 Å². The molecule has 2 rings (SSSR count). The van der Waals surface area contributed by atoms with Gasteiger partial charge < -0.3 is 4.74 Å². The van der Waals surface area contributed by atoms with Gasteiger partial charge in [-0.3, -0.25) is 20.3 Å². The van der Waals surface area contributed by atoms with Crippen LogP contribution in [-0.2, 0) is 16.0 Å². The number of carbonyl (C=O) groups is 1. The Morgan fingerprint density at radius 3 is 3.08 bits per heavy atom. The van der Waals surface area contributed by atoms with Crippen molar-refractivity contribution in [2.75, 3.05) is 12.0 Å². The fraction of sp³-hybridized carbons (Fsp3) is 0.214. The number of carbonyl (C=O) groups excluding carboxylic acids is 1. The summed E-state index contributed by atoms with van der Waals surface area (Å²) in [4.78, 5) is 25.8. The van der Waals surface area contributed by atoms with Gasteiger partial charge in [0, 0.05) is 17.0 Å². The molecule has 1 aromatic heterocycles. The third-order valence-electron chi connectivity index (χ3n) is 2.72. The number of nitrogens with one attached hydrogen (secondary N) is 1. The smallest absolute Gasteiger partial charge is 0.311 e. The van der Waals surface area contributed by atoms with Gasteiger partial charge >= 0.3 is 5.97 Å². The molecule has 1 N–H and O–H groups in total. The number of rotatable bonds is 7. The first-order chi connectivity index (χ1) is 11.5. The van der Waals surface area contributed by atoms with Gasteiger partial charge in [0.05, 0.1) is 29.9 Å². The molecule has 0 saturated carbocycles. The number of thiazole rings is 1. The maximum Gasteiger partial charge on any atom is 0.311 e. The second-order valence-electron chi connectivity index (χ2n) is 4.46. The van der Waals surface area contributed by atoms with Gasteiger partial charge in [0.25, 0.3) is 5.69 Å². The summed E-state index contributed by atoms with van der Waals surface area (Å²) in [7, 11) is 0. The van der Waals surface area contributed by atoms with Gasteiger partial charge in [-0.25, -0.2) is 4.98 Å². The van der Waals surface area contributed by atoms with Gasteiger partial charge in [-0.05, 0) is 13.0 Å². The zero-order valence-electron chi connectivity index (χ0n) is 12.6. The lowest BCUT2D eigenvalue weighted by molar-refractivity contribution is -0.384. The van der Waals surface area contributed by atoms with Crippen LogP contribution in [0.3, 0.4) is 0 Å². The summed E-state index contributed by atoms with van der Waals surface area (Å²) in [5.41, 5.74) is 3.61. The summed E-state index contributed by atoms with van der Waals surface area (Å²) in [5.74, 6) is -0.341. The van der Waals surface area contributed by atoms with E-state index in [1.807, 2.05) is 0 Å². The van der Waals surface area contributed by atoms with Crippen LogP contribution in [0, 0.1) is 10.1 Å². The van der Waals surface area contributed by atoms with Crippen molar-refractivity contribution < 1.29 is 14.5 Å². The molecule has 8 nitrogen and oxygen atoms in total. The van der Waals surface area contributed by atoms with E-state index in [-0.39, 0.29) is 23.1 Å². The highest BCUT2D eigenvalue weighted by molar-refractivity contribution is 7.13. The summed E-state index contributed by atoms with van der Waals surface area (Å²) in [6, 6.07) is 4.36. The Morgan fingerprint density at radius 2 is 2.38 bits per heavy atom. The third kappa shape index (κ3) is 5.00. The molecule has 0 aliphatic rings. The van der Waals surface area contributed by atoms with Gasteiger partial charge in [0.15, 0.2) is 0 Å². The van der Waals surface area contributed by atoms with Crippen molar-refractivity contribution in [1.82, 2.24) is 4.98 Å². The molecular formula is C14H13ClN4O4S. The van der Waals surface area contributed by atoms with Crippen molar-refractivity contribution in [1.29, 1.82) is 0 Å². The topological polar surface area (TPSA) is 107 Å². The summed E-state index contributed by atoms with van der Waals surface area (Å²) < 4.78 is 4.84. The molecule has 0 atom stereocenters. The van der Waals surface area contributed by atoms with Crippen molar-refractivity contribution in [3.05, 3.63) is 50.0 Å². The van der Waals surface area contributed by atoms with E-state index >= 15 is 0 Å². The van der Waals surface area contributed by atoms with Crippen LogP contribution in [0.2, 0.25) is 5.02 Å². The molecule has 0 unspecified atom stereocenters. The maximum atomic E-state index is 11.4. The molecule has 0 radical (unpaired) electrons. The molecule has 1 heterocycles. The molecule has 0 aliphatic heterocycles. The van der Waals surface area contributed by atoms with Gasteiger partial charge in [-0.15, -0.1) is 11.3 Å². The Bertz CT molecular complexity index is 778. The first-order valence-electron chi connectivity index (χ1n) is 6.82. The zero-order valence-corrected chi connectivity index (χ0v) is 14.1. The molecule has 0 fully saturated rings. The number of ether oxygens (including phenoxy) is 1. The highest BCUT2D eigenvalue weighted by Gasteiger charge is 2.12. The second-order valence-corrected chi connectivity index (χ2v) is 5.73. The quantitative estimate of drug-likeness (QED) is 0.348. The van der Waals surface area contributed by atoms with Crippen molar-refractivity contribution in [2.45, 2.75) is 13.3 Å². The van der Waals surface area contributed by atoms with E-state index in [9.17, 15) is 14.9 Å². The van der Waals surface area contributed by atoms with E-state index < -0.39 is 4.92 Å². The summed E-state index contributed by atoms with van der Waals surface area (Å²) in [6.07, 6.45) is 1.51. The molecule has 24 heavy (non-hydrogen) atoms. The molecule has 10 heteroatoms. The molecule has 0 aliphatic carbocycles. The molecule has 0 spiro atoms. The first kappa shape index (κ1) is 17.8. The van der Waals surface area contributed by atoms with E-state index in [1.54, 1.807) is 18.4 Å². The number of aromatic nitrogens is 1. The number of nitro benzene ring substituents is 1. The van der Waals surface area contributed by atoms with E-state index in [0.717, 1.165) is 0 Å². The average Bonchev–Trinajstić information content (AvgIpc) is 2.96. The average molecular weight is 369 g/mol. The zero-order chi connectivity index (χ0) is 17.5. The standard InChI is InChI=1S/C14H13ClN4O4S/c1-2-23-13(20)6-10-8-24-14(17-10)18-16-7-9-3-4-11(15)12(5-9)19(21)22/h3-5,7-8H,2,6H2,1H3,(H,17,18). The van der Waals surface area contributed by atoms with Crippen LogP contribution in [0.25, 0.3) is 0 Å². The van der Waals surface area contributed by atoms with Crippen molar-refractivity contribution in [3.63, 3.8) is 0 Å². The number of benzene rings is 1. The fourth-order valence-corrected chi connectivity index (χ4v) is 2.56. The number of halogens is 1. The second kappa shape index (κ2) is 8.37. The largest absolute Gasteiger partial charge is 0.466 e. The molecule has 126 valence electrons. The van der Waals surface area contributed by atoms with Crippen LogP contribution in [0.15, 0.2) is 28.7 Å². The Morgan fingerprint density at radius 1 is 1.58 bits per heavy atom. The van der Waals surface area contributed by atoms with Crippen LogP contribution in [0.1, 0.15) is 18.2 Å². The van der Waals surface area contributed by atoms with Gasteiger partial charge in [-0.2, -0.15) is 5.10 Å². The third-order valence-corrected chi connectivity index (χ3v) is 3.84. The van der Waals surface area contributed by atoms with E-state index in [1.165, 1.54) is 29.7 Å². The molecule has 2 aromatic rings. The number of hydrogen-bond donors (Lipinski definition) is 1. The Labute approximate surface area is 146 Å². The Hall–Kier alpha value is -2.52. The number of hydrogen-bond acceptors (Lipinski definition) is 8. The normalized spacial score (nSPS) is 10.8. The Kier molecular flexibility index (Phi) is 6.21. The van der Waals surface area contributed by atoms with E-state index in [2.05, 4.69) is 15.5 Å². The lowest BCUT2D eigenvalue weighted by Crippen LogP contribution is -2.07. The van der Waals surface area contributed by atoms with Gasteiger partial charge in [-0.1, -0.05) is 17.7 Å². The van der Waals surface area contributed by atoms with Crippen LogP contribution < -0.4 is 5.43 Å². The van der Waals surface area contributed by atoms with Crippen LogP contribution in [0.5, 0.6) is 0 Å². The predicted molar refractivity (Wildman–Crippen MR) is 91.8 cm³/mol. The van der Waals surface area contributed by atoms with Crippen molar-refractivity contribution in [3.8, 4) is 0 Å². The number of nitrogens with zero attached hydrogens (tertiary/aromatic N) is 3. The van der Waals surface area contributed by atoms with Gasteiger partial charge in [0.1, 0.15) is 5.02 Å². The molecule has 0 bridgehead atoms. The van der Waals surface area contributed by atoms with Crippen LogP contribution >= 0.6 is 22.9 Å². The summed E-state index contributed by atoms with van der Waals surface area (Å²) in [5, 5.41) is 17.1. The summed E-state index contributed by atoms with van der Waals surface area (Å²) >= 11 is 7.02. The number of anilines is 1. The summed E-state index contributed by atoms with van der Waals surface area (Å²) in [6.45, 7) is 2.06. The number of nitro groups is 1. The fourth-order valence-electron chi connectivity index (χ4n) is 1.71. The minimum absolute atomic E-state index is 0.0636. The lowest BCUT2D eigenvalue weighted by Gasteiger charge is -1.98. The molecular weight excluding hydrogens is 356 g/mol. The molecule has 0 saturated heterocycles. The minimum atomic E-state index is -0.560. The highest BCUT2D eigenvalue weighted by Crippen LogP contribution is 2.24. The predicted octanol–water partition coefficient (Wildman–Crippen LogP) is 3.26. The highest BCUT2D eigenvalue weighted by atomic mass is 35.5. The van der Waals surface area contributed by atoms with E-state index in [4.69, 9.17) is 16.3 Å². The van der Waals surface area contributed by atoms with E-state index in [0.29, 0.717) is 23.0 Å². The van der Waals surface area contributed by atoms with Gasteiger partial charge in [0.2, 0.25) is 5.13 Å². The number of esters is 1. The monoisotopic (exact) mass is 368 g/mol. The SMILES string of the molecule is CCOC(=O)Cc1csc(NN=Cc2ccc(Cl)c([N+](=O)[O-])c2)n1. The minimum Gasteiger partial charge on any atom is -0.466 e. The number of hydrazone groups is 1. The first-order valence-corrected chi connectivity index (χ1v) is 8.08. The van der Waals surface area contributed by atoms with Crippen molar-refractivity contribution >= 4 is 45.9 Å². The molecule has 1 aromatic carbocycles. The Balaban J connectivity index is 1.97.